The van der Waals surface area contributed by atoms with Gasteiger partial charge in [0.25, 0.3) is 5.91 Å². The second-order valence-electron chi connectivity index (χ2n) is 8.48. The van der Waals surface area contributed by atoms with Gasteiger partial charge in [0, 0.05) is 43.3 Å². The van der Waals surface area contributed by atoms with Gasteiger partial charge in [0.2, 0.25) is 0 Å². The lowest BCUT2D eigenvalue weighted by Crippen LogP contribution is -2.45. The van der Waals surface area contributed by atoms with Crippen molar-refractivity contribution in [1.29, 1.82) is 0 Å². The quantitative estimate of drug-likeness (QED) is 0.515. The fourth-order valence-electron chi connectivity index (χ4n) is 4.64. The fourth-order valence-corrected chi connectivity index (χ4v) is 4.64. The third-order valence-electron chi connectivity index (χ3n) is 6.40. The number of likely N-dealkylation sites (tertiary alicyclic amines) is 1. The normalized spacial score (nSPS) is 17.1. The summed E-state index contributed by atoms with van der Waals surface area (Å²) in [4.78, 5) is 17.3. The van der Waals surface area contributed by atoms with Crippen LogP contribution >= 0.6 is 0 Å². The number of piperidine rings is 1. The maximum atomic E-state index is 12.8. The van der Waals surface area contributed by atoms with E-state index in [2.05, 4.69) is 34.1 Å². The van der Waals surface area contributed by atoms with Gasteiger partial charge in [0.15, 0.2) is 0 Å². The first-order chi connectivity index (χ1) is 15.8. The standard InChI is InChI=1S/C28H28N2O2/c31-28-26-14-6-4-10-23(26)21-30(28)24-16-19-29(20-17-24)18-8-11-22-9-5-7-15-27(22)32-25-12-2-1-3-13-25/h1-15,24H,16-21H2. The van der Waals surface area contributed by atoms with Crippen LogP contribution < -0.4 is 4.74 Å². The molecule has 162 valence electrons. The summed E-state index contributed by atoms with van der Waals surface area (Å²) in [7, 11) is 0. The van der Waals surface area contributed by atoms with Gasteiger partial charge in [-0.1, -0.05) is 66.7 Å². The predicted molar refractivity (Wildman–Crippen MR) is 128 cm³/mol. The molecular weight excluding hydrogens is 396 g/mol. The molecule has 1 fully saturated rings. The molecule has 0 N–H and O–H groups in total. The summed E-state index contributed by atoms with van der Waals surface area (Å²) in [5, 5.41) is 0. The van der Waals surface area contributed by atoms with E-state index in [1.165, 1.54) is 5.56 Å². The van der Waals surface area contributed by atoms with Crippen LogP contribution in [0, 0.1) is 0 Å². The van der Waals surface area contributed by atoms with E-state index >= 15 is 0 Å². The fraction of sp³-hybridized carbons (Fsp3) is 0.250. The summed E-state index contributed by atoms with van der Waals surface area (Å²) in [6.07, 6.45) is 6.41. The summed E-state index contributed by atoms with van der Waals surface area (Å²) in [6.45, 7) is 3.69. The lowest BCUT2D eigenvalue weighted by atomic mass is 10.0. The minimum Gasteiger partial charge on any atom is -0.457 e. The molecule has 3 aromatic rings. The topological polar surface area (TPSA) is 32.8 Å². The lowest BCUT2D eigenvalue weighted by Gasteiger charge is -2.36. The Bertz CT molecular complexity index is 1100. The van der Waals surface area contributed by atoms with E-state index in [1.807, 2.05) is 66.7 Å². The van der Waals surface area contributed by atoms with Crippen LogP contribution in [-0.4, -0.2) is 41.4 Å². The molecule has 1 saturated heterocycles. The molecule has 1 amide bonds. The van der Waals surface area contributed by atoms with Gasteiger partial charge >= 0.3 is 0 Å². The molecule has 0 bridgehead atoms. The Kier molecular flexibility index (Phi) is 6.04. The first-order valence-electron chi connectivity index (χ1n) is 11.4. The van der Waals surface area contributed by atoms with Crippen molar-refractivity contribution in [2.45, 2.75) is 25.4 Å². The van der Waals surface area contributed by atoms with E-state index in [0.717, 1.165) is 61.6 Å². The van der Waals surface area contributed by atoms with Gasteiger partial charge in [-0.05, 0) is 42.7 Å². The lowest BCUT2D eigenvalue weighted by molar-refractivity contribution is 0.0607. The number of amides is 1. The van der Waals surface area contributed by atoms with Crippen LogP contribution in [0.4, 0.5) is 0 Å². The van der Waals surface area contributed by atoms with Gasteiger partial charge in [0.05, 0.1) is 0 Å². The Labute approximate surface area is 189 Å². The molecule has 0 aromatic heterocycles. The molecular formula is C28H28N2O2. The zero-order valence-electron chi connectivity index (χ0n) is 18.2. The first kappa shape index (κ1) is 20.5. The second kappa shape index (κ2) is 9.41. The number of carbonyl (C=O) groups is 1. The molecule has 0 saturated carbocycles. The third-order valence-corrected chi connectivity index (χ3v) is 6.40. The van der Waals surface area contributed by atoms with Gasteiger partial charge in [0.1, 0.15) is 11.5 Å². The van der Waals surface area contributed by atoms with Crippen LogP contribution in [0.2, 0.25) is 0 Å². The molecule has 0 aliphatic carbocycles. The Morgan fingerprint density at radius 1 is 0.875 bits per heavy atom. The number of fused-ring (bicyclic) bond motifs is 1. The number of para-hydroxylation sites is 2. The van der Waals surface area contributed by atoms with E-state index in [0.29, 0.717) is 6.04 Å². The van der Waals surface area contributed by atoms with Crippen LogP contribution in [0.15, 0.2) is 84.9 Å². The van der Waals surface area contributed by atoms with Crippen molar-refractivity contribution in [3.05, 3.63) is 102 Å². The van der Waals surface area contributed by atoms with E-state index in [-0.39, 0.29) is 5.91 Å². The highest BCUT2D eigenvalue weighted by atomic mass is 16.5. The van der Waals surface area contributed by atoms with Gasteiger partial charge in [-0.2, -0.15) is 0 Å². The van der Waals surface area contributed by atoms with E-state index in [9.17, 15) is 4.79 Å². The second-order valence-corrected chi connectivity index (χ2v) is 8.48. The van der Waals surface area contributed by atoms with Crippen molar-refractivity contribution in [3.63, 3.8) is 0 Å². The largest absolute Gasteiger partial charge is 0.457 e. The summed E-state index contributed by atoms with van der Waals surface area (Å²) in [6, 6.07) is 26.3. The van der Waals surface area contributed by atoms with Gasteiger partial charge in [-0.3, -0.25) is 9.69 Å². The highest BCUT2D eigenvalue weighted by molar-refractivity contribution is 5.98. The number of carbonyl (C=O) groups excluding carboxylic acids is 1. The molecule has 5 rings (SSSR count). The van der Waals surface area contributed by atoms with Crippen LogP contribution in [0.3, 0.4) is 0 Å². The van der Waals surface area contributed by atoms with Crippen LogP contribution in [-0.2, 0) is 6.54 Å². The van der Waals surface area contributed by atoms with Crippen LogP contribution in [0.1, 0.15) is 34.3 Å². The summed E-state index contributed by atoms with van der Waals surface area (Å²) in [5.41, 5.74) is 3.13. The Balaban J connectivity index is 1.15. The third kappa shape index (κ3) is 4.46. The van der Waals surface area contributed by atoms with Crippen molar-refractivity contribution in [1.82, 2.24) is 9.80 Å². The van der Waals surface area contributed by atoms with Gasteiger partial charge in [-0.25, -0.2) is 0 Å². The smallest absolute Gasteiger partial charge is 0.254 e. The van der Waals surface area contributed by atoms with Crippen molar-refractivity contribution in [2.75, 3.05) is 19.6 Å². The Hall–Kier alpha value is -3.37. The minimum atomic E-state index is 0.203. The van der Waals surface area contributed by atoms with Crippen LogP contribution in [0.25, 0.3) is 6.08 Å². The Morgan fingerprint density at radius 3 is 2.41 bits per heavy atom. The minimum absolute atomic E-state index is 0.203. The van der Waals surface area contributed by atoms with Crippen LogP contribution in [0.5, 0.6) is 11.5 Å². The van der Waals surface area contributed by atoms with Crippen molar-refractivity contribution < 1.29 is 9.53 Å². The average Bonchev–Trinajstić information content (AvgIpc) is 3.18. The summed E-state index contributed by atoms with van der Waals surface area (Å²) in [5.74, 6) is 1.91. The molecule has 2 heterocycles. The number of rotatable bonds is 6. The zero-order valence-corrected chi connectivity index (χ0v) is 18.2. The number of hydrogen-bond donors (Lipinski definition) is 0. The number of hydrogen-bond acceptors (Lipinski definition) is 3. The molecule has 0 atom stereocenters. The maximum absolute atomic E-state index is 12.8. The molecule has 3 aromatic carbocycles. The molecule has 0 radical (unpaired) electrons. The monoisotopic (exact) mass is 424 g/mol. The van der Waals surface area contributed by atoms with Crippen molar-refractivity contribution in [2.24, 2.45) is 0 Å². The predicted octanol–water partition coefficient (Wildman–Crippen LogP) is 5.61. The number of benzene rings is 3. The first-order valence-corrected chi connectivity index (χ1v) is 11.4. The van der Waals surface area contributed by atoms with Gasteiger partial charge < -0.3 is 9.64 Å². The van der Waals surface area contributed by atoms with Gasteiger partial charge in [-0.15, -0.1) is 0 Å². The molecule has 0 unspecified atom stereocenters. The molecule has 2 aliphatic rings. The highest BCUT2D eigenvalue weighted by Crippen LogP contribution is 2.29. The number of nitrogens with zero attached hydrogens (tertiary/aromatic N) is 2. The SMILES string of the molecule is O=C1c2ccccc2CN1C1CCN(CC=Cc2ccccc2Oc2ccccc2)CC1. The van der Waals surface area contributed by atoms with E-state index in [1.54, 1.807) is 0 Å². The van der Waals surface area contributed by atoms with Crippen molar-refractivity contribution in [3.8, 4) is 11.5 Å². The zero-order chi connectivity index (χ0) is 21.8. The summed E-state index contributed by atoms with van der Waals surface area (Å²) >= 11 is 0. The number of ether oxygens (including phenoxy) is 1. The molecule has 2 aliphatic heterocycles. The van der Waals surface area contributed by atoms with E-state index < -0.39 is 0 Å². The highest BCUT2D eigenvalue weighted by Gasteiger charge is 2.33. The maximum Gasteiger partial charge on any atom is 0.254 e. The molecule has 0 spiro atoms. The summed E-state index contributed by atoms with van der Waals surface area (Å²) < 4.78 is 6.06. The molecule has 4 nitrogen and oxygen atoms in total. The Morgan fingerprint density at radius 2 is 1.59 bits per heavy atom. The average molecular weight is 425 g/mol. The van der Waals surface area contributed by atoms with Crippen molar-refractivity contribution >= 4 is 12.0 Å². The molecule has 4 heteroatoms. The molecule has 32 heavy (non-hydrogen) atoms. The van der Waals surface area contributed by atoms with E-state index in [4.69, 9.17) is 4.74 Å².